The summed E-state index contributed by atoms with van der Waals surface area (Å²) in [6, 6.07) is 3.12. The molecule has 8 nitrogen and oxygen atoms in total. The summed E-state index contributed by atoms with van der Waals surface area (Å²) in [4.78, 5) is 26.6. The van der Waals surface area contributed by atoms with E-state index in [0.717, 1.165) is 68.3 Å². The van der Waals surface area contributed by atoms with Gasteiger partial charge in [-0.2, -0.15) is 0 Å². The van der Waals surface area contributed by atoms with E-state index < -0.39 is 5.60 Å². The Bertz CT molecular complexity index is 1110. The molecular weight excluding hydrogens is 416 g/mol. The lowest BCUT2D eigenvalue weighted by molar-refractivity contribution is 0.0164. The van der Waals surface area contributed by atoms with E-state index in [1.165, 1.54) is 11.9 Å². The summed E-state index contributed by atoms with van der Waals surface area (Å²) in [6.07, 6.45) is 12.5. The molecule has 4 heterocycles. The summed E-state index contributed by atoms with van der Waals surface area (Å²) < 4.78 is 7.94. The van der Waals surface area contributed by atoms with Crippen LogP contribution in [-0.2, 0) is 4.74 Å². The lowest BCUT2D eigenvalue weighted by atomic mass is 9.90. The number of ether oxygens (including phenoxy) is 1. The molecule has 1 amide bonds. The molecule has 33 heavy (non-hydrogen) atoms. The highest BCUT2D eigenvalue weighted by Crippen LogP contribution is 2.33. The van der Waals surface area contributed by atoms with Gasteiger partial charge in [0.25, 0.3) is 0 Å². The number of H-pyrrole nitrogens is 1. The Kier molecular flexibility index (Phi) is 6.03. The van der Waals surface area contributed by atoms with Gasteiger partial charge < -0.3 is 24.5 Å². The molecule has 0 spiro atoms. The van der Waals surface area contributed by atoms with Crippen LogP contribution >= 0.6 is 0 Å². The maximum absolute atomic E-state index is 12.4. The van der Waals surface area contributed by atoms with E-state index in [1.54, 1.807) is 0 Å². The Morgan fingerprint density at radius 1 is 1.21 bits per heavy atom. The van der Waals surface area contributed by atoms with Gasteiger partial charge in [-0.1, -0.05) is 0 Å². The van der Waals surface area contributed by atoms with Crippen molar-refractivity contribution in [2.45, 2.75) is 77.0 Å². The zero-order chi connectivity index (χ0) is 23.0. The van der Waals surface area contributed by atoms with E-state index in [-0.39, 0.29) is 6.09 Å². The normalized spacial score (nSPS) is 24.5. The fourth-order valence-electron chi connectivity index (χ4n) is 5.42. The van der Waals surface area contributed by atoms with Gasteiger partial charge in [0.1, 0.15) is 16.8 Å². The monoisotopic (exact) mass is 452 g/mol. The van der Waals surface area contributed by atoms with Gasteiger partial charge in [-0.3, -0.25) is 0 Å². The lowest BCUT2D eigenvalue weighted by Crippen LogP contribution is -2.46. The number of hydrogen-bond acceptors (Lipinski definition) is 5. The number of nitrogens with one attached hydrogen (secondary N) is 2. The quantitative estimate of drug-likeness (QED) is 0.602. The first kappa shape index (κ1) is 22.2. The topological polar surface area (TPSA) is 88.1 Å². The number of aromatic amines is 1. The number of likely N-dealkylation sites (tertiary alicyclic amines) is 1. The minimum Gasteiger partial charge on any atom is -0.444 e. The summed E-state index contributed by atoms with van der Waals surface area (Å²) in [7, 11) is 0. The third kappa shape index (κ3) is 4.86. The Labute approximate surface area is 195 Å². The summed E-state index contributed by atoms with van der Waals surface area (Å²) >= 11 is 0. The van der Waals surface area contributed by atoms with Crippen molar-refractivity contribution in [2.24, 2.45) is 5.92 Å². The number of rotatable bonds is 4. The van der Waals surface area contributed by atoms with Crippen LogP contribution in [0.25, 0.3) is 22.1 Å². The predicted molar refractivity (Wildman–Crippen MR) is 129 cm³/mol. The predicted octanol–water partition coefficient (Wildman–Crippen LogP) is 4.63. The van der Waals surface area contributed by atoms with Crippen molar-refractivity contribution >= 4 is 28.2 Å². The maximum atomic E-state index is 12.4. The SMILES string of the molecule is CC(C)(C)OC(=O)N1CCC[C@@H](CNC2CCC(n3cnc4cnc5[nH]ccc5c43)CC2)C1. The molecule has 1 saturated heterocycles. The molecule has 3 aromatic rings. The van der Waals surface area contributed by atoms with Gasteiger partial charge in [-0.15, -0.1) is 0 Å². The Hall–Kier alpha value is -2.61. The second-order valence-electron chi connectivity index (χ2n) is 10.7. The lowest BCUT2D eigenvalue weighted by Gasteiger charge is -2.36. The molecule has 3 aromatic heterocycles. The van der Waals surface area contributed by atoms with Gasteiger partial charge in [-0.05, 0) is 77.8 Å². The number of imidazole rings is 1. The molecule has 1 atom stereocenters. The average molecular weight is 453 g/mol. The van der Waals surface area contributed by atoms with Crippen LogP contribution in [0, 0.1) is 5.92 Å². The highest BCUT2D eigenvalue weighted by Gasteiger charge is 2.29. The van der Waals surface area contributed by atoms with E-state index in [9.17, 15) is 4.79 Å². The van der Waals surface area contributed by atoms with Crippen molar-refractivity contribution in [1.82, 2.24) is 29.7 Å². The Morgan fingerprint density at radius 2 is 2.03 bits per heavy atom. The van der Waals surface area contributed by atoms with Gasteiger partial charge >= 0.3 is 6.09 Å². The molecule has 0 unspecified atom stereocenters. The van der Waals surface area contributed by atoms with Crippen LogP contribution in [0.3, 0.4) is 0 Å². The number of fused-ring (bicyclic) bond motifs is 3. The van der Waals surface area contributed by atoms with Gasteiger partial charge in [0, 0.05) is 36.8 Å². The molecule has 1 aliphatic carbocycles. The van der Waals surface area contributed by atoms with Crippen LogP contribution in [0.5, 0.6) is 0 Å². The van der Waals surface area contributed by atoms with Crippen molar-refractivity contribution in [3.8, 4) is 0 Å². The molecule has 2 fully saturated rings. The number of nitrogens with zero attached hydrogens (tertiary/aromatic N) is 4. The highest BCUT2D eigenvalue weighted by molar-refractivity contribution is 6.00. The number of aromatic nitrogens is 4. The van der Waals surface area contributed by atoms with E-state index in [4.69, 9.17) is 4.74 Å². The van der Waals surface area contributed by atoms with Crippen LogP contribution in [-0.4, -0.2) is 61.8 Å². The number of amides is 1. The zero-order valence-corrected chi connectivity index (χ0v) is 20.0. The number of pyridine rings is 1. The first-order valence-electron chi connectivity index (χ1n) is 12.4. The fraction of sp³-hybridized carbons (Fsp3) is 0.640. The average Bonchev–Trinajstić information content (AvgIpc) is 3.43. The molecule has 1 saturated carbocycles. The Morgan fingerprint density at radius 3 is 2.82 bits per heavy atom. The van der Waals surface area contributed by atoms with Gasteiger partial charge in [0.2, 0.25) is 0 Å². The first-order valence-corrected chi connectivity index (χ1v) is 12.4. The van der Waals surface area contributed by atoms with E-state index in [2.05, 4.69) is 30.9 Å². The minimum atomic E-state index is -0.440. The molecule has 0 radical (unpaired) electrons. The largest absolute Gasteiger partial charge is 0.444 e. The smallest absolute Gasteiger partial charge is 0.410 e. The molecule has 5 rings (SSSR count). The van der Waals surface area contributed by atoms with E-state index in [0.29, 0.717) is 18.0 Å². The summed E-state index contributed by atoms with van der Waals surface area (Å²) in [5.74, 6) is 0.496. The minimum absolute atomic E-state index is 0.174. The fourth-order valence-corrected chi connectivity index (χ4v) is 5.42. The molecular formula is C25H36N6O2. The molecule has 8 heteroatoms. The van der Waals surface area contributed by atoms with Crippen LogP contribution in [0.1, 0.15) is 65.3 Å². The van der Waals surface area contributed by atoms with Gasteiger partial charge in [-0.25, -0.2) is 14.8 Å². The summed E-state index contributed by atoms with van der Waals surface area (Å²) in [6.45, 7) is 8.34. The van der Waals surface area contributed by atoms with Crippen LogP contribution in [0.4, 0.5) is 4.79 Å². The van der Waals surface area contributed by atoms with Gasteiger partial charge in [0.15, 0.2) is 0 Å². The number of hydrogen-bond donors (Lipinski definition) is 2. The number of carbonyl (C=O) groups is 1. The second-order valence-corrected chi connectivity index (χ2v) is 10.7. The second kappa shape index (κ2) is 8.97. The molecule has 2 aliphatic rings. The number of piperidine rings is 1. The summed E-state index contributed by atoms with van der Waals surface area (Å²) in [5.41, 5.74) is 2.65. The van der Waals surface area contributed by atoms with Crippen molar-refractivity contribution < 1.29 is 9.53 Å². The van der Waals surface area contributed by atoms with Crippen molar-refractivity contribution in [3.05, 3.63) is 24.8 Å². The third-order valence-corrected chi connectivity index (χ3v) is 7.07. The molecule has 1 aliphatic heterocycles. The van der Waals surface area contributed by atoms with Crippen LogP contribution < -0.4 is 5.32 Å². The molecule has 178 valence electrons. The van der Waals surface area contributed by atoms with Crippen LogP contribution in [0.15, 0.2) is 24.8 Å². The van der Waals surface area contributed by atoms with Crippen molar-refractivity contribution in [3.63, 3.8) is 0 Å². The summed E-state index contributed by atoms with van der Waals surface area (Å²) in [5, 5.41) is 4.96. The molecule has 2 N–H and O–H groups in total. The van der Waals surface area contributed by atoms with E-state index in [1.807, 2.05) is 44.4 Å². The van der Waals surface area contributed by atoms with Gasteiger partial charge in [0.05, 0.1) is 18.0 Å². The standard InChI is InChI=1S/C25H36N6O2/c1-25(2,3)33-24(32)30-12-4-5-17(15-30)13-27-18-6-8-19(9-7-18)31-16-29-21-14-28-23-20(22(21)31)10-11-26-23/h10-11,14,16-19,27H,4-9,12-13,15H2,1-3H3,(H,26,28)/t17-,18?,19?/m0/s1. The van der Waals surface area contributed by atoms with E-state index >= 15 is 0 Å². The molecule has 0 aromatic carbocycles. The van der Waals surface area contributed by atoms with Crippen molar-refractivity contribution in [1.29, 1.82) is 0 Å². The Balaban J connectivity index is 1.14. The molecule has 0 bridgehead atoms. The zero-order valence-electron chi connectivity index (χ0n) is 20.0. The number of carbonyl (C=O) groups excluding carboxylic acids is 1. The highest BCUT2D eigenvalue weighted by atomic mass is 16.6. The third-order valence-electron chi connectivity index (χ3n) is 7.07. The van der Waals surface area contributed by atoms with Crippen LogP contribution in [0.2, 0.25) is 0 Å². The maximum Gasteiger partial charge on any atom is 0.410 e. The first-order chi connectivity index (χ1) is 15.9. The van der Waals surface area contributed by atoms with Crippen molar-refractivity contribution in [2.75, 3.05) is 19.6 Å².